The molecule has 1 fully saturated rings. The number of para-hydroxylation sites is 2. The molecule has 0 unspecified atom stereocenters. The van der Waals surface area contributed by atoms with Gasteiger partial charge < -0.3 is 9.88 Å². The minimum atomic E-state index is -0.517. The lowest BCUT2D eigenvalue weighted by atomic mass is 10.0. The Labute approximate surface area is 168 Å². The van der Waals surface area contributed by atoms with Crippen molar-refractivity contribution in [2.24, 2.45) is 0 Å². The number of H-pyrrole nitrogens is 1. The Morgan fingerprint density at radius 2 is 1.89 bits per heavy atom. The molecule has 4 rings (SSSR count). The van der Waals surface area contributed by atoms with Gasteiger partial charge in [0.05, 0.1) is 20.4 Å². The zero-order valence-corrected chi connectivity index (χ0v) is 16.4. The molecule has 1 saturated heterocycles. The summed E-state index contributed by atoms with van der Waals surface area (Å²) in [6.45, 7) is 0.971. The first-order valence-electron chi connectivity index (χ1n) is 8.88. The summed E-state index contributed by atoms with van der Waals surface area (Å²) in [7, 11) is 0. The summed E-state index contributed by atoms with van der Waals surface area (Å²) in [6, 6.07) is 11.9. The van der Waals surface area contributed by atoms with Crippen molar-refractivity contribution in [3.8, 4) is 0 Å². The van der Waals surface area contributed by atoms with E-state index in [1.54, 1.807) is 15.5 Å². The number of carbonyl (C=O) groups excluding carboxylic acids is 1. The van der Waals surface area contributed by atoms with E-state index in [0.717, 1.165) is 11.0 Å². The summed E-state index contributed by atoms with van der Waals surface area (Å²) in [5.41, 5.74) is 1.67. The second-order valence-electron chi connectivity index (χ2n) is 6.76. The topological polar surface area (TPSA) is 101 Å². The summed E-state index contributed by atoms with van der Waals surface area (Å²) < 4.78 is 2.10. The van der Waals surface area contributed by atoms with Crippen LogP contribution in [0.3, 0.4) is 0 Å². The molecule has 0 atom stereocenters. The quantitative estimate of drug-likeness (QED) is 0.493. The first-order chi connectivity index (χ1) is 13.5. The number of fused-ring (bicyclic) bond motifs is 1. The number of nitrogens with zero attached hydrogens (tertiary/aromatic N) is 3. The Hall–Kier alpha value is -2.94. The molecule has 0 radical (unpaired) electrons. The van der Waals surface area contributed by atoms with Gasteiger partial charge in [0.25, 0.3) is 11.6 Å². The van der Waals surface area contributed by atoms with Crippen molar-refractivity contribution in [2.75, 3.05) is 13.1 Å². The van der Waals surface area contributed by atoms with E-state index in [-0.39, 0.29) is 28.9 Å². The Balaban J connectivity index is 1.52. The molecule has 1 aromatic heterocycles. The van der Waals surface area contributed by atoms with Gasteiger partial charge in [0.1, 0.15) is 0 Å². The van der Waals surface area contributed by atoms with Crippen LogP contribution in [-0.4, -0.2) is 38.4 Å². The molecular weight excluding hydrogens is 428 g/mol. The molecular formula is C19H17BrN4O4. The zero-order chi connectivity index (χ0) is 19.8. The molecule has 1 N–H and O–H groups in total. The van der Waals surface area contributed by atoms with Gasteiger partial charge in [0.2, 0.25) is 0 Å². The Bertz CT molecular complexity index is 1130. The maximum atomic E-state index is 12.8. The molecule has 1 aliphatic rings. The van der Waals surface area contributed by atoms with Crippen LogP contribution in [0.1, 0.15) is 29.2 Å². The fourth-order valence-corrected chi connectivity index (χ4v) is 4.12. The van der Waals surface area contributed by atoms with Crippen molar-refractivity contribution in [2.45, 2.75) is 18.9 Å². The first-order valence-corrected chi connectivity index (χ1v) is 9.67. The summed E-state index contributed by atoms with van der Waals surface area (Å²) in [5.74, 6) is -0.236. The van der Waals surface area contributed by atoms with E-state index in [0.29, 0.717) is 30.4 Å². The van der Waals surface area contributed by atoms with Gasteiger partial charge in [-0.05, 0) is 53.0 Å². The number of rotatable bonds is 3. The molecule has 0 aliphatic carbocycles. The van der Waals surface area contributed by atoms with E-state index in [4.69, 9.17) is 0 Å². The van der Waals surface area contributed by atoms with E-state index in [9.17, 15) is 19.7 Å². The number of hydrogen-bond donors (Lipinski definition) is 1. The van der Waals surface area contributed by atoms with Gasteiger partial charge in [-0.25, -0.2) is 4.79 Å². The normalized spacial score (nSPS) is 15.1. The number of likely N-dealkylation sites (tertiary alicyclic amines) is 1. The number of benzene rings is 2. The van der Waals surface area contributed by atoms with Crippen LogP contribution in [-0.2, 0) is 0 Å². The molecule has 1 amide bonds. The minimum Gasteiger partial charge on any atom is -0.338 e. The standard InChI is InChI=1S/C19H17BrN4O4/c20-14-6-5-12(11-17(14)24(27)28)18(25)22-9-7-13(8-10-22)23-16-4-2-1-3-15(16)21-19(23)26/h1-6,11,13H,7-10H2,(H,21,26). The number of nitro benzene ring substituents is 1. The number of aromatic amines is 1. The lowest BCUT2D eigenvalue weighted by Crippen LogP contribution is -2.40. The predicted octanol–water partition coefficient (Wildman–Crippen LogP) is 3.48. The molecule has 8 nitrogen and oxygen atoms in total. The Morgan fingerprint density at radius 3 is 2.61 bits per heavy atom. The first kappa shape index (κ1) is 18.4. The highest BCUT2D eigenvalue weighted by Crippen LogP contribution is 2.28. The molecule has 2 heterocycles. The largest absolute Gasteiger partial charge is 0.338 e. The van der Waals surface area contributed by atoms with E-state index in [1.165, 1.54) is 12.1 Å². The molecule has 3 aromatic rings. The highest BCUT2D eigenvalue weighted by atomic mass is 79.9. The zero-order valence-electron chi connectivity index (χ0n) is 14.8. The lowest BCUT2D eigenvalue weighted by molar-refractivity contribution is -0.385. The maximum absolute atomic E-state index is 12.8. The van der Waals surface area contributed by atoms with Gasteiger partial charge in [0.15, 0.2) is 0 Å². The van der Waals surface area contributed by atoms with Gasteiger partial charge in [-0.1, -0.05) is 12.1 Å². The number of amides is 1. The number of piperidine rings is 1. The molecule has 9 heteroatoms. The van der Waals surface area contributed by atoms with Crippen LogP contribution < -0.4 is 5.69 Å². The van der Waals surface area contributed by atoms with Crippen molar-refractivity contribution < 1.29 is 9.72 Å². The van der Waals surface area contributed by atoms with Crippen LogP contribution >= 0.6 is 15.9 Å². The van der Waals surface area contributed by atoms with Crippen molar-refractivity contribution >= 4 is 38.6 Å². The third kappa shape index (κ3) is 3.22. The number of carbonyl (C=O) groups is 1. The molecule has 144 valence electrons. The fraction of sp³-hybridized carbons (Fsp3) is 0.263. The van der Waals surface area contributed by atoms with Gasteiger partial charge >= 0.3 is 5.69 Å². The average Bonchev–Trinajstić information content (AvgIpc) is 3.03. The van der Waals surface area contributed by atoms with Gasteiger partial charge in [-0.3, -0.25) is 19.5 Å². The van der Waals surface area contributed by atoms with Gasteiger partial charge in [-0.15, -0.1) is 0 Å². The molecule has 0 saturated carbocycles. The van der Waals surface area contributed by atoms with Crippen molar-refractivity contribution in [1.82, 2.24) is 14.5 Å². The van der Waals surface area contributed by atoms with Crippen molar-refractivity contribution in [3.05, 3.63) is 73.1 Å². The molecule has 0 spiro atoms. The van der Waals surface area contributed by atoms with Crippen LogP contribution in [0.25, 0.3) is 11.0 Å². The van der Waals surface area contributed by atoms with Crippen LogP contribution in [0, 0.1) is 10.1 Å². The van der Waals surface area contributed by atoms with E-state index < -0.39 is 4.92 Å². The second-order valence-corrected chi connectivity index (χ2v) is 7.62. The number of halogens is 1. The maximum Gasteiger partial charge on any atom is 0.326 e. The summed E-state index contributed by atoms with van der Waals surface area (Å²) in [4.78, 5) is 40.3. The fourth-order valence-electron chi connectivity index (χ4n) is 3.73. The molecule has 28 heavy (non-hydrogen) atoms. The minimum absolute atomic E-state index is 0.00644. The summed E-state index contributed by atoms with van der Waals surface area (Å²) in [6.07, 6.45) is 1.29. The molecule has 2 aromatic carbocycles. The highest BCUT2D eigenvalue weighted by Gasteiger charge is 2.27. The second kappa shape index (κ2) is 7.23. The molecule has 0 bridgehead atoms. The third-order valence-electron chi connectivity index (χ3n) is 5.13. The third-order valence-corrected chi connectivity index (χ3v) is 5.80. The Morgan fingerprint density at radius 1 is 1.18 bits per heavy atom. The summed E-state index contributed by atoms with van der Waals surface area (Å²) in [5, 5.41) is 11.1. The van der Waals surface area contributed by atoms with Gasteiger partial charge in [0, 0.05) is 30.8 Å². The summed E-state index contributed by atoms with van der Waals surface area (Å²) >= 11 is 3.13. The van der Waals surface area contributed by atoms with E-state index in [2.05, 4.69) is 20.9 Å². The lowest BCUT2D eigenvalue weighted by Gasteiger charge is -2.32. The number of nitrogens with one attached hydrogen (secondary N) is 1. The van der Waals surface area contributed by atoms with Crippen LogP contribution in [0.15, 0.2) is 51.7 Å². The predicted molar refractivity (Wildman–Crippen MR) is 108 cm³/mol. The van der Waals surface area contributed by atoms with E-state index in [1.807, 2.05) is 24.3 Å². The van der Waals surface area contributed by atoms with Crippen LogP contribution in [0.5, 0.6) is 0 Å². The average molecular weight is 445 g/mol. The van der Waals surface area contributed by atoms with Crippen LogP contribution in [0.4, 0.5) is 5.69 Å². The smallest absolute Gasteiger partial charge is 0.326 e. The monoisotopic (exact) mass is 444 g/mol. The number of nitro groups is 1. The SMILES string of the molecule is O=C(c1ccc(Br)c([N+](=O)[O-])c1)N1CCC(n2c(=O)[nH]c3ccccc32)CC1. The molecule has 1 aliphatic heterocycles. The number of imidazole rings is 1. The van der Waals surface area contributed by atoms with Crippen LogP contribution in [0.2, 0.25) is 0 Å². The van der Waals surface area contributed by atoms with E-state index >= 15 is 0 Å². The number of aromatic nitrogens is 2. The van der Waals surface area contributed by atoms with Gasteiger partial charge in [-0.2, -0.15) is 0 Å². The highest BCUT2D eigenvalue weighted by molar-refractivity contribution is 9.10. The van der Waals surface area contributed by atoms with Crippen molar-refractivity contribution in [1.29, 1.82) is 0 Å². The Kier molecular flexibility index (Phi) is 4.76. The number of hydrogen-bond acceptors (Lipinski definition) is 4. The van der Waals surface area contributed by atoms with Crippen molar-refractivity contribution in [3.63, 3.8) is 0 Å².